The molecule has 1 aromatic heterocycles. The fourth-order valence-corrected chi connectivity index (χ4v) is 3.50. The van der Waals surface area contributed by atoms with E-state index in [-0.39, 0.29) is 0 Å². The zero-order chi connectivity index (χ0) is 16.9. The third-order valence-corrected chi connectivity index (χ3v) is 4.84. The summed E-state index contributed by atoms with van der Waals surface area (Å²) in [5, 5.41) is 8.11. The molecule has 2 N–H and O–H groups in total. The second-order valence-electron chi connectivity index (χ2n) is 6.70. The number of anilines is 2. The van der Waals surface area contributed by atoms with Crippen LogP contribution in [0.1, 0.15) is 31.2 Å². The second-order valence-corrected chi connectivity index (χ2v) is 6.70. The van der Waals surface area contributed by atoms with Crippen molar-refractivity contribution in [3.8, 4) is 0 Å². The van der Waals surface area contributed by atoms with Crippen molar-refractivity contribution in [3.63, 3.8) is 0 Å². The van der Waals surface area contributed by atoms with Gasteiger partial charge in [-0.05, 0) is 37.0 Å². The van der Waals surface area contributed by atoms with Crippen molar-refractivity contribution in [3.05, 3.63) is 60.2 Å². The summed E-state index contributed by atoms with van der Waals surface area (Å²) in [5.74, 6) is 1.66. The maximum Gasteiger partial charge on any atom is 0.225 e. The van der Waals surface area contributed by atoms with E-state index in [9.17, 15) is 0 Å². The van der Waals surface area contributed by atoms with Gasteiger partial charge in [0, 0.05) is 18.0 Å². The van der Waals surface area contributed by atoms with Crippen molar-refractivity contribution in [2.45, 2.75) is 38.1 Å². The van der Waals surface area contributed by atoms with Crippen molar-refractivity contribution < 1.29 is 0 Å². The van der Waals surface area contributed by atoms with Crippen LogP contribution in [0.2, 0.25) is 0 Å². The highest BCUT2D eigenvalue weighted by atomic mass is 15.2. The molecular formula is C21H24N4. The Morgan fingerprint density at radius 2 is 1.64 bits per heavy atom. The Hall–Kier alpha value is -2.62. The number of aromatic nitrogens is 2. The van der Waals surface area contributed by atoms with Gasteiger partial charge in [-0.3, -0.25) is 0 Å². The van der Waals surface area contributed by atoms with Crippen LogP contribution < -0.4 is 10.6 Å². The lowest BCUT2D eigenvalue weighted by Crippen LogP contribution is -2.17. The first-order valence-electron chi connectivity index (χ1n) is 9.19. The van der Waals surface area contributed by atoms with Crippen molar-refractivity contribution in [2.24, 2.45) is 0 Å². The van der Waals surface area contributed by atoms with Crippen molar-refractivity contribution >= 4 is 22.7 Å². The van der Waals surface area contributed by atoms with E-state index in [0.717, 1.165) is 35.6 Å². The molecule has 4 rings (SSSR count). The molecule has 0 radical (unpaired) electrons. The molecule has 0 spiro atoms. The van der Waals surface area contributed by atoms with Crippen LogP contribution in [0.5, 0.6) is 0 Å². The topological polar surface area (TPSA) is 49.8 Å². The molecular weight excluding hydrogens is 308 g/mol. The van der Waals surface area contributed by atoms with Gasteiger partial charge in [0.15, 0.2) is 0 Å². The van der Waals surface area contributed by atoms with Crippen molar-refractivity contribution in [2.75, 3.05) is 17.2 Å². The summed E-state index contributed by atoms with van der Waals surface area (Å²) in [7, 11) is 0. The van der Waals surface area contributed by atoms with Gasteiger partial charge in [-0.2, -0.15) is 4.98 Å². The molecule has 2 aromatic carbocycles. The standard InChI is InChI=1S/C21H24N4/c1-2-8-16(9-3-1)14-15-22-20-18-12-6-7-13-19(18)24-21(25-20)23-17-10-4-5-11-17/h1-3,6-9,12-13,17H,4-5,10-11,14-15H2,(H2,22,23,24,25). The number of rotatable bonds is 6. The molecule has 1 fully saturated rings. The number of fused-ring (bicyclic) bond motifs is 1. The zero-order valence-corrected chi connectivity index (χ0v) is 14.4. The van der Waals surface area contributed by atoms with Crippen LogP contribution in [0.3, 0.4) is 0 Å². The Morgan fingerprint density at radius 3 is 2.48 bits per heavy atom. The Labute approximate surface area is 148 Å². The van der Waals surface area contributed by atoms with E-state index in [1.807, 2.05) is 12.1 Å². The van der Waals surface area contributed by atoms with Crippen LogP contribution in [-0.4, -0.2) is 22.6 Å². The van der Waals surface area contributed by atoms with Gasteiger partial charge in [-0.1, -0.05) is 55.3 Å². The van der Waals surface area contributed by atoms with Gasteiger partial charge in [0.05, 0.1) is 5.52 Å². The van der Waals surface area contributed by atoms with Gasteiger partial charge in [-0.15, -0.1) is 0 Å². The summed E-state index contributed by atoms with van der Waals surface area (Å²) in [4.78, 5) is 9.47. The van der Waals surface area contributed by atoms with Crippen molar-refractivity contribution in [1.82, 2.24) is 9.97 Å². The number of nitrogens with zero attached hydrogens (tertiary/aromatic N) is 2. The van der Waals surface area contributed by atoms with Crippen LogP contribution in [0.15, 0.2) is 54.6 Å². The molecule has 3 aromatic rings. The maximum absolute atomic E-state index is 4.76. The van der Waals surface area contributed by atoms with E-state index in [2.05, 4.69) is 53.1 Å². The highest BCUT2D eigenvalue weighted by Gasteiger charge is 2.16. The van der Waals surface area contributed by atoms with Gasteiger partial charge in [0.2, 0.25) is 5.95 Å². The summed E-state index contributed by atoms with van der Waals surface area (Å²) in [6.07, 6.45) is 6.01. The molecule has 1 aliphatic rings. The minimum Gasteiger partial charge on any atom is -0.369 e. The van der Waals surface area contributed by atoms with E-state index in [1.165, 1.54) is 31.2 Å². The Kier molecular flexibility index (Phi) is 4.77. The summed E-state index contributed by atoms with van der Waals surface area (Å²) < 4.78 is 0. The van der Waals surface area contributed by atoms with Crippen LogP contribution in [-0.2, 0) is 6.42 Å². The van der Waals surface area contributed by atoms with Crippen LogP contribution in [0, 0.1) is 0 Å². The smallest absolute Gasteiger partial charge is 0.225 e. The summed E-state index contributed by atoms with van der Waals surface area (Å²) >= 11 is 0. The fourth-order valence-electron chi connectivity index (χ4n) is 3.50. The Balaban J connectivity index is 1.53. The third-order valence-electron chi connectivity index (χ3n) is 4.84. The Bertz CT molecular complexity index is 826. The largest absolute Gasteiger partial charge is 0.369 e. The van der Waals surface area contributed by atoms with E-state index < -0.39 is 0 Å². The monoisotopic (exact) mass is 332 g/mol. The molecule has 1 heterocycles. The summed E-state index contributed by atoms with van der Waals surface area (Å²) in [6, 6.07) is 19.3. The summed E-state index contributed by atoms with van der Waals surface area (Å²) in [5.41, 5.74) is 2.32. The minimum atomic E-state index is 0.512. The van der Waals surface area contributed by atoms with E-state index in [4.69, 9.17) is 9.97 Å². The SMILES string of the molecule is c1ccc(CCNc2nc(NC3CCCC3)nc3ccccc23)cc1. The molecule has 0 amide bonds. The van der Waals surface area contributed by atoms with Gasteiger partial charge >= 0.3 is 0 Å². The molecule has 4 nitrogen and oxygen atoms in total. The molecule has 0 unspecified atom stereocenters. The molecule has 0 aliphatic heterocycles. The first-order chi connectivity index (χ1) is 12.4. The quantitative estimate of drug-likeness (QED) is 0.690. The lowest BCUT2D eigenvalue weighted by atomic mass is 10.1. The highest BCUT2D eigenvalue weighted by Crippen LogP contribution is 2.25. The zero-order valence-electron chi connectivity index (χ0n) is 14.4. The normalized spacial score (nSPS) is 14.7. The number of nitrogens with one attached hydrogen (secondary N) is 2. The molecule has 1 aliphatic carbocycles. The fraction of sp³-hybridized carbons (Fsp3) is 0.333. The van der Waals surface area contributed by atoms with Gasteiger partial charge < -0.3 is 10.6 Å². The lowest BCUT2D eigenvalue weighted by Gasteiger charge is -2.15. The number of benzene rings is 2. The summed E-state index contributed by atoms with van der Waals surface area (Å²) in [6.45, 7) is 0.855. The maximum atomic E-state index is 4.76. The predicted octanol–water partition coefficient (Wildman–Crippen LogP) is 4.64. The third kappa shape index (κ3) is 3.90. The van der Waals surface area contributed by atoms with Gasteiger partial charge in [0.25, 0.3) is 0 Å². The van der Waals surface area contributed by atoms with Gasteiger partial charge in [0.1, 0.15) is 5.82 Å². The first-order valence-corrected chi connectivity index (χ1v) is 9.19. The first kappa shape index (κ1) is 15.9. The molecule has 25 heavy (non-hydrogen) atoms. The Morgan fingerprint density at radius 1 is 0.880 bits per heavy atom. The molecule has 128 valence electrons. The van der Waals surface area contributed by atoms with Gasteiger partial charge in [-0.25, -0.2) is 4.98 Å². The molecule has 0 bridgehead atoms. The van der Waals surface area contributed by atoms with E-state index in [1.54, 1.807) is 0 Å². The number of hydrogen-bond donors (Lipinski definition) is 2. The lowest BCUT2D eigenvalue weighted by molar-refractivity contribution is 0.745. The van der Waals surface area contributed by atoms with E-state index in [0.29, 0.717) is 6.04 Å². The molecule has 1 saturated carbocycles. The van der Waals surface area contributed by atoms with Crippen LogP contribution >= 0.6 is 0 Å². The predicted molar refractivity (Wildman–Crippen MR) is 104 cm³/mol. The molecule has 0 atom stereocenters. The van der Waals surface area contributed by atoms with Crippen LogP contribution in [0.25, 0.3) is 10.9 Å². The number of para-hydroxylation sites is 1. The molecule has 0 saturated heterocycles. The minimum absolute atomic E-state index is 0.512. The number of hydrogen-bond acceptors (Lipinski definition) is 4. The second kappa shape index (κ2) is 7.51. The van der Waals surface area contributed by atoms with Crippen LogP contribution in [0.4, 0.5) is 11.8 Å². The highest BCUT2D eigenvalue weighted by molar-refractivity contribution is 5.90. The molecule has 4 heteroatoms. The van der Waals surface area contributed by atoms with E-state index >= 15 is 0 Å². The van der Waals surface area contributed by atoms with Crippen molar-refractivity contribution in [1.29, 1.82) is 0 Å². The average Bonchev–Trinajstić information content (AvgIpc) is 3.15. The average molecular weight is 332 g/mol.